The van der Waals surface area contributed by atoms with Crippen molar-refractivity contribution in [1.82, 2.24) is 4.31 Å². The summed E-state index contributed by atoms with van der Waals surface area (Å²) in [6.07, 6.45) is 3.21. The maximum atomic E-state index is 12.4. The van der Waals surface area contributed by atoms with Crippen LogP contribution >= 0.6 is 0 Å². The fraction of sp³-hybridized carbons (Fsp3) is 0.300. The molecule has 0 bridgehead atoms. The van der Waals surface area contributed by atoms with E-state index in [4.69, 9.17) is 9.47 Å². The monoisotopic (exact) mass is 401 g/mol. The summed E-state index contributed by atoms with van der Waals surface area (Å²) in [5, 5.41) is 0. The SMILES string of the molecule is O=C(COc1ccc2c(c1)CCC2)OCCN1C(=O)c2ccccc2S1(=O)=O. The summed E-state index contributed by atoms with van der Waals surface area (Å²) >= 11 is 0. The molecule has 2 aromatic rings. The molecule has 28 heavy (non-hydrogen) atoms. The van der Waals surface area contributed by atoms with Gasteiger partial charge in [-0.25, -0.2) is 17.5 Å². The maximum absolute atomic E-state index is 12.4. The molecule has 0 unspecified atom stereocenters. The Balaban J connectivity index is 1.28. The molecule has 1 aliphatic carbocycles. The molecule has 2 aromatic carbocycles. The number of esters is 1. The quantitative estimate of drug-likeness (QED) is 0.687. The Kier molecular flexibility index (Phi) is 4.80. The number of nitrogens with zero attached hydrogens (tertiary/aromatic N) is 1. The summed E-state index contributed by atoms with van der Waals surface area (Å²) in [6.45, 7) is -0.745. The van der Waals surface area contributed by atoms with Gasteiger partial charge < -0.3 is 9.47 Å². The van der Waals surface area contributed by atoms with Gasteiger partial charge in [0.2, 0.25) is 0 Å². The Morgan fingerprint density at radius 2 is 1.86 bits per heavy atom. The molecule has 0 fully saturated rings. The molecule has 0 saturated carbocycles. The highest BCUT2D eigenvalue weighted by molar-refractivity contribution is 7.90. The lowest BCUT2D eigenvalue weighted by Crippen LogP contribution is -2.34. The number of hydrogen-bond donors (Lipinski definition) is 0. The van der Waals surface area contributed by atoms with Crippen molar-refractivity contribution >= 4 is 21.9 Å². The molecule has 1 heterocycles. The van der Waals surface area contributed by atoms with E-state index in [2.05, 4.69) is 0 Å². The summed E-state index contributed by atoms with van der Waals surface area (Å²) in [5.74, 6) is -0.631. The Morgan fingerprint density at radius 1 is 1.07 bits per heavy atom. The van der Waals surface area contributed by atoms with Gasteiger partial charge in [-0.3, -0.25) is 4.79 Å². The van der Waals surface area contributed by atoms with Gasteiger partial charge in [0.1, 0.15) is 17.3 Å². The number of carbonyl (C=O) groups is 2. The van der Waals surface area contributed by atoms with Crippen molar-refractivity contribution in [3.05, 3.63) is 59.2 Å². The van der Waals surface area contributed by atoms with Crippen molar-refractivity contribution in [3.8, 4) is 5.75 Å². The highest BCUT2D eigenvalue weighted by Gasteiger charge is 2.40. The van der Waals surface area contributed by atoms with Crippen LogP contribution in [0.25, 0.3) is 0 Å². The van der Waals surface area contributed by atoms with Crippen LogP contribution in [0.5, 0.6) is 5.75 Å². The van der Waals surface area contributed by atoms with Gasteiger partial charge in [-0.1, -0.05) is 18.2 Å². The minimum Gasteiger partial charge on any atom is -0.482 e. The second-order valence-corrected chi connectivity index (χ2v) is 8.50. The van der Waals surface area contributed by atoms with Crippen LogP contribution in [0.1, 0.15) is 27.9 Å². The van der Waals surface area contributed by atoms with E-state index in [-0.39, 0.29) is 30.2 Å². The third kappa shape index (κ3) is 3.35. The normalized spacial score (nSPS) is 16.6. The smallest absolute Gasteiger partial charge is 0.344 e. The molecule has 0 atom stereocenters. The lowest BCUT2D eigenvalue weighted by Gasteiger charge is -2.15. The number of sulfonamides is 1. The number of fused-ring (bicyclic) bond motifs is 2. The van der Waals surface area contributed by atoms with E-state index in [1.807, 2.05) is 18.2 Å². The number of hydrogen-bond acceptors (Lipinski definition) is 6. The van der Waals surface area contributed by atoms with Crippen LogP contribution in [0.2, 0.25) is 0 Å². The summed E-state index contributed by atoms with van der Waals surface area (Å²) in [5.41, 5.74) is 2.68. The summed E-state index contributed by atoms with van der Waals surface area (Å²) < 4.78 is 36.0. The Labute approximate surface area is 162 Å². The van der Waals surface area contributed by atoms with Gasteiger partial charge in [-0.05, 0) is 54.7 Å². The van der Waals surface area contributed by atoms with E-state index in [1.165, 1.54) is 23.3 Å². The van der Waals surface area contributed by atoms with Crippen LogP contribution in [0.15, 0.2) is 47.4 Å². The molecular weight excluding hydrogens is 382 g/mol. The van der Waals surface area contributed by atoms with Crippen molar-refractivity contribution in [3.63, 3.8) is 0 Å². The number of amides is 1. The number of rotatable bonds is 6. The van der Waals surface area contributed by atoms with Gasteiger partial charge >= 0.3 is 5.97 Å². The van der Waals surface area contributed by atoms with Crippen LogP contribution in [0.3, 0.4) is 0 Å². The molecule has 1 aliphatic heterocycles. The van der Waals surface area contributed by atoms with Crippen molar-refractivity contribution in [2.75, 3.05) is 19.8 Å². The summed E-state index contributed by atoms with van der Waals surface area (Å²) in [4.78, 5) is 24.1. The number of benzene rings is 2. The maximum Gasteiger partial charge on any atom is 0.344 e. The average molecular weight is 401 g/mol. The second kappa shape index (κ2) is 7.27. The molecule has 0 aromatic heterocycles. The first-order valence-electron chi connectivity index (χ1n) is 9.03. The zero-order chi connectivity index (χ0) is 19.7. The lowest BCUT2D eigenvalue weighted by atomic mass is 10.1. The lowest BCUT2D eigenvalue weighted by molar-refractivity contribution is -0.146. The molecule has 0 spiro atoms. The van der Waals surface area contributed by atoms with Gasteiger partial charge in [0.15, 0.2) is 6.61 Å². The number of carbonyl (C=O) groups excluding carboxylic acids is 2. The molecular formula is C20H19NO6S. The molecule has 1 amide bonds. The third-order valence-electron chi connectivity index (χ3n) is 4.90. The van der Waals surface area contributed by atoms with Crippen molar-refractivity contribution < 1.29 is 27.5 Å². The second-order valence-electron chi connectivity index (χ2n) is 6.67. The Bertz CT molecular complexity index is 1050. The molecule has 0 N–H and O–H groups in total. The third-order valence-corrected chi connectivity index (χ3v) is 6.74. The first-order chi connectivity index (χ1) is 13.5. The minimum atomic E-state index is -3.89. The predicted molar refractivity (Wildman–Crippen MR) is 99.6 cm³/mol. The predicted octanol–water partition coefficient (Wildman–Crippen LogP) is 1.94. The van der Waals surface area contributed by atoms with E-state index in [9.17, 15) is 18.0 Å². The van der Waals surface area contributed by atoms with E-state index in [1.54, 1.807) is 12.1 Å². The molecule has 2 aliphatic rings. The van der Waals surface area contributed by atoms with Crippen LogP contribution in [-0.4, -0.2) is 44.4 Å². The first-order valence-corrected chi connectivity index (χ1v) is 10.5. The van der Waals surface area contributed by atoms with Crippen molar-refractivity contribution in [1.29, 1.82) is 0 Å². The van der Waals surface area contributed by atoms with Crippen molar-refractivity contribution in [2.24, 2.45) is 0 Å². The van der Waals surface area contributed by atoms with Crippen LogP contribution in [0.4, 0.5) is 0 Å². The van der Waals surface area contributed by atoms with E-state index in [0.29, 0.717) is 5.75 Å². The van der Waals surface area contributed by atoms with Gasteiger partial charge in [-0.15, -0.1) is 0 Å². The van der Waals surface area contributed by atoms with Gasteiger partial charge in [0.05, 0.1) is 12.1 Å². The minimum absolute atomic E-state index is 0.0220. The summed E-state index contributed by atoms with van der Waals surface area (Å²) in [7, 11) is -3.89. The van der Waals surface area contributed by atoms with Gasteiger partial charge in [-0.2, -0.15) is 0 Å². The van der Waals surface area contributed by atoms with Gasteiger partial charge in [0, 0.05) is 0 Å². The fourth-order valence-electron chi connectivity index (χ4n) is 3.52. The standard InChI is InChI=1S/C20H19NO6S/c22-19(13-27-16-9-8-14-4-3-5-15(14)12-16)26-11-10-21-20(23)17-6-1-2-7-18(17)28(21,24)25/h1-2,6-9,12H,3-5,10-11,13H2. The average Bonchev–Trinajstić information content (AvgIpc) is 3.23. The van der Waals surface area contributed by atoms with Gasteiger partial charge in [0.25, 0.3) is 15.9 Å². The van der Waals surface area contributed by atoms with Crippen LogP contribution < -0.4 is 4.74 Å². The topological polar surface area (TPSA) is 90.0 Å². The number of aryl methyl sites for hydroxylation is 2. The van der Waals surface area contributed by atoms with E-state index >= 15 is 0 Å². The van der Waals surface area contributed by atoms with E-state index < -0.39 is 21.9 Å². The zero-order valence-electron chi connectivity index (χ0n) is 15.1. The highest BCUT2D eigenvalue weighted by Crippen LogP contribution is 2.29. The van der Waals surface area contributed by atoms with Crippen molar-refractivity contribution in [2.45, 2.75) is 24.2 Å². The van der Waals surface area contributed by atoms with Crippen LogP contribution in [0, 0.1) is 0 Å². The zero-order valence-corrected chi connectivity index (χ0v) is 15.9. The first kappa shape index (κ1) is 18.5. The fourth-order valence-corrected chi connectivity index (χ4v) is 5.07. The van der Waals surface area contributed by atoms with Crippen LogP contribution in [-0.2, 0) is 32.4 Å². The molecule has 0 radical (unpaired) electrons. The molecule has 146 valence electrons. The summed E-state index contributed by atoms with van der Waals surface area (Å²) in [6, 6.07) is 11.8. The number of ether oxygens (including phenoxy) is 2. The Hall–Kier alpha value is -2.87. The Morgan fingerprint density at radius 3 is 2.68 bits per heavy atom. The molecule has 7 nitrogen and oxygen atoms in total. The molecule has 8 heteroatoms. The van der Waals surface area contributed by atoms with E-state index in [0.717, 1.165) is 23.6 Å². The largest absolute Gasteiger partial charge is 0.482 e. The molecule has 4 rings (SSSR count). The molecule has 0 saturated heterocycles. The highest BCUT2D eigenvalue weighted by atomic mass is 32.2.